The van der Waals surface area contributed by atoms with Gasteiger partial charge in [-0.15, -0.1) is 5.10 Å². The van der Waals surface area contributed by atoms with E-state index in [1.165, 1.54) is 0 Å². The molecule has 0 aliphatic carbocycles. The van der Waals surface area contributed by atoms with Gasteiger partial charge in [0.05, 0.1) is 0 Å². The van der Waals surface area contributed by atoms with Gasteiger partial charge in [-0.2, -0.15) is 13.2 Å². The van der Waals surface area contributed by atoms with E-state index in [0.29, 0.717) is 0 Å². The van der Waals surface area contributed by atoms with Gasteiger partial charge in [0.15, 0.2) is 5.69 Å². The molecule has 3 N–H and O–H groups in total. The van der Waals surface area contributed by atoms with E-state index >= 15 is 0 Å². The highest BCUT2D eigenvalue weighted by Crippen LogP contribution is 2.32. The van der Waals surface area contributed by atoms with Crippen LogP contribution >= 0.6 is 0 Å². The lowest BCUT2D eigenvalue weighted by atomic mass is 10.2. The predicted molar refractivity (Wildman–Crippen MR) is 45.9 cm³/mol. The third-order valence-corrected chi connectivity index (χ3v) is 1.94. The summed E-state index contributed by atoms with van der Waals surface area (Å²) in [6.45, 7) is 1.05. The van der Waals surface area contributed by atoms with E-state index in [4.69, 9.17) is 10.8 Å². The molecule has 10 heteroatoms. The highest BCUT2D eigenvalue weighted by Gasteiger charge is 2.43. The minimum atomic E-state index is -5.00. The van der Waals surface area contributed by atoms with Crippen LogP contribution in [0.3, 0.4) is 0 Å². The fourth-order valence-electron chi connectivity index (χ4n) is 1.09. The summed E-state index contributed by atoms with van der Waals surface area (Å²) in [4.78, 5) is 21.3. The highest BCUT2D eigenvalue weighted by atomic mass is 19.4. The minimum Gasteiger partial charge on any atom is -0.476 e. The van der Waals surface area contributed by atoms with E-state index in [1.54, 1.807) is 0 Å². The molecule has 0 bridgehead atoms. The van der Waals surface area contributed by atoms with Gasteiger partial charge in [0.25, 0.3) is 0 Å². The molecule has 0 fully saturated rings. The summed E-state index contributed by atoms with van der Waals surface area (Å²) >= 11 is 0. The molecule has 0 radical (unpaired) electrons. The quantitative estimate of drug-likeness (QED) is 0.788. The summed E-state index contributed by atoms with van der Waals surface area (Å²) in [5, 5.41) is 14.4. The molecule has 0 saturated carbocycles. The monoisotopic (exact) mass is 252 g/mol. The number of aromatic carboxylic acids is 1. The Labute approximate surface area is 92.0 Å². The van der Waals surface area contributed by atoms with Crippen molar-refractivity contribution in [1.82, 2.24) is 15.0 Å². The van der Waals surface area contributed by atoms with E-state index in [-0.39, 0.29) is 4.68 Å². The fraction of sp³-hybridized carbons (Fsp3) is 0.429. The summed E-state index contributed by atoms with van der Waals surface area (Å²) in [6, 6.07) is -1.45. The van der Waals surface area contributed by atoms with Gasteiger partial charge in [0, 0.05) is 0 Å². The molecule has 94 valence electrons. The second kappa shape index (κ2) is 4.03. The number of nitrogens with zero attached hydrogens (tertiary/aromatic N) is 3. The number of carbonyl (C=O) groups is 2. The summed E-state index contributed by atoms with van der Waals surface area (Å²) in [7, 11) is 0. The molecule has 1 aromatic heterocycles. The predicted octanol–water partition coefficient (Wildman–Crippen LogP) is 0.0414. The van der Waals surface area contributed by atoms with Crippen LogP contribution in [-0.2, 0) is 11.0 Å². The van der Waals surface area contributed by atoms with Gasteiger partial charge < -0.3 is 10.8 Å². The summed E-state index contributed by atoms with van der Waals surface area (Å²) in [5.41, 5.74) is 1.94. The van der Waals surface area contributed by atoms with Gasteiger partial charge in [-0.05, 0) is 6.92 Å². The van der Waals surface area contributed by atoms with Crippen molar-refractivity contribution in [2.45, 2.75) is 19.1 Å². The van der Waals surface area contributed by atoms with Crippen LogP contribution in [0.25, 0.3) is 0 Å². The van der Waals surface area contributed by atoms with Crippen LogP contribution in [0.15, 0.2) is 0 Å². The molecule has 1 amide bonds. The molecule has 1 unspecified atom stereocenters. The first-order valence-corrected chi connectivity index (χ1v) is 4.21. The lowest BCUT2D eigenvalue weighted by Gasteiger charge is -2.13. The molecule has 1 rings (SSSR count). The maximum atomic E-state index is 12.6. The van der Waals surface area contributed by atoms with Gasteiger partial charge >= 0.3 is 12.1 Å². The molecule has 0 spiro atoms. The van der Waals surface area contributed by atoms with Crippen LogP contribution in [0.1, 0.15) is 29.1 Å². The second-order valence-corrected chi connectivity index (χ2v) is 3.11. The Bertz CT molecular complexity index is 467. The first-order valence-electron chi connectivity index (χ1n) is 4.21. The standard InChI is InChI=1S/C7H7F3N4O3/c1-2(5(11)15)14-4(7(8,9)10)3(6(16)17)12-13-14/h2H,1H3,(H2,11,15)(H,16,17). The topological polar surface area (TPSA) is 111 Å². The Morgan fingerprint density at radius 2 is 2.00 bits per heavy atom. The zero-order valence-electron chi connectivity index (χ0n) is 8.39. The number of alkyl halides is 3. The van der Waals surface area contributed by atoms with Gasteiger partial charge in [0.1, 0.15) is 6.04 Å². The van der Waals surface area contributed by atoms with E-state index < -0.39 is 35.5 Å². The molecule has 0 aromatic carbocycles. The molecule has 0 saturated heterocycles. The molecule has 17 heavy (non-hydrogen) atoms. The Kier molecular flexibility index (Phi) is 3.07. The number of rotatable bonds is 3. The van der Waals surface area contributed by atoms with Gasteiger partial charge in [-0.3, -0.25) is 4.79 Å². The first kappa shape index (κ1) is 12.9. The number of halogens is 3. The van der Waals surface area contributed by atoms with Crippen LogP contribution in [0, 0.1) is 0 Å². The largest absolute Gasteiger partial charge is 0.476 e. The zero-order valence-corrected chi connectivity index (χ0v) is 8.39. The summed E-state index contributed by atoms with van der Waals surface area (Å²) < 4.78 is 38.0. The van der Waals surface area contributed by atoms with Crippen LogP contribution in [-0.4, -0.2) is 32.0 Å². The number of carboxylic acids is 1. The first-order chi connectivity index (χ1) is 7.66. The smallest absolute Gasteiger partial charge is 0.435 e. The molecular weight excluding hydrogens is 245 g/mol. The van der Waals surface area contributed by atoms with Crippen LogP contribution in [0.2, 0.25) is 0 Å². The average molecular weight is 252 g/mol. The van der Waals surface area contributed by atoms with Crippen molar-refractivity contribution in [1.29, 1.82) is 0 Å². The van der Waals surface area contributed by atoms with E-state index in [2.05, 4.69) is 10.3 Å². The molecule has 0 aliphatic rings. The number of carbonyl (C=O) groups excluding carboxylic acids is 1. The molecule has 1 atom stereocenters. The van der Waals surface area contributed by atoms with E-state index in [9.17, 15) is 22.8 Å². The van der Waals surface area contributed by atoms with Gasteiger partial charge in [-0.1, -0.05) is 5.21 Å². The number of carboxylic acid groups (broad SMARTS) is 1. The Morgan fingerprint density at radius 1 is 1.47 bits per heavy atom. The number of aromatic nitrogens is 3. The normalized spacial score (nSPS) is 13.4. The fourth-order valence-corrected chi connectivity index (χ4v) is 1.09. The number of hydrogen-bond donors (Lipinski definition) is 2. The number of hydrogen-bond acceptors (Lipinski definition) is 4. The van der Waals surface area contributed by atoms with Crippen molar-refractivity contribution in [3.05, 3.63) is 11.4 Å². The van der Waals surface area contributed by atoms with Crippen molar-refractivity contribution in [2.75, 3.05) is 0 Å². The lowest BCUT2D eigenvalue weighted by molar-refractivity contribution is -0.146. The second-order valence-electron chi connectivity index (χ2n) is 3.11. The molecular formula is C7H7F3N4O3. The Balaban J connectivity index is 3.43. The molecule has 1 aromatic rings. The Hall–Kier alpha value is -2.13. The maximum absolute atomic E-state index is 12.6. The van der Waals surface area contributed by atoms with Crippen molar-refractivity contribution < 1.29 is 27.9 Å². The van der Waals surface area contributed by atoms with Gasteiger partial charge in [0.2, 0.25) is 11.6 Å². The maximum Gasteiger partial charge on any atom is 0.435 e. The number of amides is 1. The van der Waals surface area contributed by atoms with Crippen LogP contribution < -0.4 is 5.73 Å². The van der Waals surface area contributed by atoms with Crippen molar-refractivity contribution in [3.63, 3.8) is 0 Å². The third-order valence-electron chi connectivity index (χ3n) is 1.94. The number of primary amides is 1. The third kappa shape index (κ3) is 2.34. The lowest BCUT2D eigenvalue weighted by Crippen LogP contribution is -2.29. The Morgan fingerprint density at radius 3 is 2.35 bits per heavy atom. The molecule has 1 heterocycles. The SMILES string of the molecule is CC(C(N)=O)n1nnc(C(=O)O)c1C(F)(F)F. The van der Waals surface area contributed by atoms with Crippen molar-refractivity contribution in [2.24, 2.45) is 5.73 Å². The summed E-state index contributed by atoms with van der Waals surface area (Å²) in [6.07, 6.45) is -5.00. The van der Waals surface area contributed by atoms with Crippen LogP contribution in [0.4, 0.5) is 13.2 Å². The van der Waals surface area contributed by atoms with Crippen molar-refractivity contribution in [3.8, 4) is 0 Å². The average Bonchev–Trinajstić information content (AvgIpc) is 2.59. The molecule has 0 aliphatic heterocycles. The number of nitrogens with two attached hydrogens (primary N) is 1. The van der Waals surface area contributed by atoms with Gasteiger partial charge in [-0.25, -0.2) is 9.48 Å². The van der Waals surface area contributed by atoms with Crippen LogP contribution in [0.5, 0.6) is 0 Å². The zero-order chi connectivity index (χ0) is 13.4. The molecule has 7 nitrogen and oxygen atoms in total. The van der Waals surface area contributed by atoms with E-state index in [0.717, 1.165) is 6.92 Å². The highest BCUT2D eigenvalue weighted by molar-refractivity contribution is 5.87. The minimum absolute atomic E-state index is 0.145. The van der Waals surface area contributed by atoms with E-state index in [1.807, 2.05) is 0 Å². The van der Waals surface area contributed by atoms with Crippen molar-refractivity contribution >= 4 is 11.9 Å². The summed E-state index contributed by atoms with van der Waals surface area (Å²) in [5.74, 6) is -2.97.